The lowest BCUT2D eigenvalue weighted by atomic mass is 10.00. The minimum Gasteiger partial charge on any atom is -0.368 e. The zero-order valence-corrected chi connectivity index (χ0v) is 12.2. The first-order chi connectivity index (χ1) is 9.88. The van der Waals surface area contributed by atoms with Crippen LogP contribution in [-0.2, 0) is 11.3 Å². The second-order valence-electron chi connectivity index (χ2n) is 5.70. The SMILES string of the molecule is CCC=CCCCN1CC[C@H]2[C@H](C1)OCc1cnnn12. The number of likely N-dealkylation sites (tertiary alicyclic amines) is 1. The molecule has 0 saturated carbocycles. The van der Waals surface area contributed by atoms with Crippen LogP contribution >= 0.6 is 0 Å². The lowest BCUT2D eigenvalue weighted by Crippen LogP contribution is -2.48. The Hall–Kier alpha value is -1.20. The Morgan fingerprint density at radius 1 is 1.45 bits per heavy atom. The van der Waals surface area contributed by atoms with Gasteiger partial charge in [0.25, 0.3) is 0 Å². The molecule has 1 saturated heterocycles. The summed E-state index contributed by atoms with van der Waals surface area (Å²) in [7, 11) is 0. The summed E-state index contributed by atoms with van der Waals surface area (Å²) in [5, 5.41) is 8.22. The molecule has 5 heteroatoms. The van der Waals surface area contributed by atoms with E-state index in [2.05, 4.69) is 39.0 Å². The molecule has 20 heavy (non-hydrogen) atoms. The van der Waals surface area contributed by atoms with Gasteiger partial charge >= 0.3 is 0 Å². The quantitative estimate of drug-likeness (QED) is 0.610. The number of rotatable bonds is 5. The molecule has 2 aliphatic heterocycles. The smallest absolute Gasteiger partial charge is 0.0932 e. The molecule has 3 rings (SSSR count). The molecule has 0 bridgehead atoms. The van der Waals surface area contributed by atoms with Crippen LogP contribution in [0.15, 0.2) is 18.3 Å². The topological polar surface area (TPSA) is 43.2 Å². The summed E-state index contributed by atoms with van der Waals surface area (Å²) in [6.07, 6.45) is 11.3. The van der Waals surface area contributed by atoms with Crippen LogP contribution in [0, 0.1) is 0 Å². The van der Waals surface area contributed by atoms with Gasteiger partial charge in [-0.1, -0.05) is 24.3 Å². The number of unbranched alkanes of at least 4 members (excludes halogenated alkanes) is 1. The van der Waals surface area contributed by atoms with Gasteiger partial charge in [0.15, 0.2) is 0 Å². The van der Waals surface area contributed by atoms with E-state index in [1.807, 2.05) is 6.20 Å². The summed E-state index contributed by atoms with van der Waals surface area (Å²) >= 11 is 0. The molecule has 0 aliphatic carbocycles. The standard InChI is InChI=1S/C15H24N4O/c1-2-3-4-5-6-8-18-9-7-14-15(11-18)20-12-13-10-16-17-19(13)14/h3-4,10,14-15H,2,5-9,11-12H2,1H3/t14-,15-/m0/s1. The summed E-state index contributed by atoms with van der Waals surface area (Å²) < 4.78 is 8.06. The van der Waals surface area contributed by atoms with Crippen molar-refractivity contribution in [3.05, 3.63) is 24.0 Å². The van der Waals surface area contributed by atoms with Crippen molar-refractivity contribution < 1.29 is 4.74 Å². The van der Waals surface area contributed by atoms with Crippen molar-refractivity contribution in [3.63, 3.8) is 0 Å². The van der Waals surface area contributed by atoms with Gasteiger partial charge < -0.3 is 9.64 Å². The van der Waals surface area contributed by atoms with Crippen LogP contribution in [0.5, 0.6) is 0 Å². The normalized spacial score (nSPS) is 26.6. The van der Waals surface area contributed by atoms with E-state index in [1.54, 1.807) is 0 Å². The van der Waals surface area contributed by atoms with Gasteiger partial charge in [0, 0.05) is 13.1 Å². The highest BCUT2D eigenvalue weighted by molar-refractivity contribution is 5.01. The highest BCUT2D eigenvalue weighted by atomic mass is 16.5. The fraction of sp³-hybridized carbons (Fsp3) is 0.733. The molecular weight excluding hydrogens is 252 g/mol. The minimum atomic E-state index is 0.282. The predicted octanol–water partition coefficient (Wildman–Crippen LogP) is 2.17. The highest BCUT2D eigenvalue weighted by Crippen LogP contribution is 2.30. The molecule has 1 fully saturated rings. The van der Waals surface area contributed by atoms with E-state index in [4.69, 9.17) is 4.74 Å². The van der Waals surface area contributed by atoms with Crippen molar-refractivity contribution in [2.75, 3.05) is 19.6 Å². The van der Waals surface area contributed by atoms with Crippen molar-refractivity contribution in [2.24, 2.45) is 0 Å². The summed E-state index contributed by atoms with van der Waals surface area (Å²) in [6, 6.07) is 0.387. The first-order valence-electron chi connectivity index (χ1n) is 7.76. The lowest BCUT2D eigenvalue weighted by molar-refractivity contribution is -0.0688. The van der Waals surface area contributed by atoms with Crippen LogP contribution < -0.4 is 0 Å². The van der Waals surface area contributed by atoms with E-state index in [-0.39, 0.29) is 6.10 Å². The number of ether oxygens (including phenoxy) is 1. The van der Waals surface area contributed by atoms with Crippen LogP contribution in [0.25, 0.3) is 0 Å². The lowest BCUT2D eigenvalue weighted by Gasteiger charge is -2.41. The summed E-state index contributed by atoms with van der Waals surface area (Å²) in [5.41, 5.74) is 1.12. The molecule has 3 heterocycles. The second kappa shape index (κ2) is 6.50. The molecule has 2 aliphatic rings. The van der Waals surface area contributed by atoms with Crippen LogP contribution in [0.1, 0.15) is 44.3 Å². The number of aromatic nitrogens is 3. The van der Waals surface area contributed by atoms with Gasteiger partial charge in [-0.3, -0.25) is 0 Å². The monoisotopic (exact) mass is 276 g/mol. The molecule has 0 aromatic carbocycles. The zero-order valence-electron chi connectivity index (χ0n) is 12.2. The molecule has 0 radical (unpaired) electrons. The van der Waals surface area contributed by atoms with Gasteiger partial charge in [0.2, 0.25) is 0 Å². The Kier molecular flexibility index (Phi) is 4.47. The Morgan fingerprint density at radius 2 is 2.40 bits per heavy atom. The molecule has 110 valence electrons. The first kappa shape index (κ1) is 13.8. The van der Waals surface area contributed by atoms with E-state index in [0.717, 1.165) is 31.6 Å². The zero-order chi connectivity index (χ0) is 13.8. The van der Waals surface area contributed by atoms with Gasteiger partial charge in [-0.25, -0.2) is 4.68 Å². The van der Waals surface area contributed by atoms with Crippen LogP contribution in [-0.4, -0.2) is 45.6 Å². The average molecular weight is 276 g/mol. The molecule has 2 atom stereocenters. The van der Waals surface area contributed by atoms with Gasteiger partial charge in [-0.2, -0.15) is 0 Å². The van der Waals surface area contributed by atoms with E-state index in [1.165, 1.54) is 19.4 Å². The Labute approximate surface area is 120 Å². The van der Waals surface area contributed by atoms with E-state index < -0.39 is 0 Å². The van der Waals surface area contributed by atoms with Crippen molar-refractivity contribution >= 4 is 0 Å². The highest BCUT2D eigenvalue weighted by Gasteiger charge is 2.35. The molecule has 0 unspecified atom stereocenters. The Morgan fingerprint density at radius 3 is 3.30 bits per heavy atom. The molecule has 1 aromatic heterocycles. The van der Waals surface area contributed by atoms with Crippen molar-refractivity contribution in [1.29, 1.82) is 0 Å². The maximum Gasteiger partial charge on any atom is 0.0932 e. The van der Waals surface area contributed by atoms with Gasteiger partial charge in [0.05, 0.1) is 30.6 Å². The number of hydrogen-bond acceptors (Lipinski definition) is 4. The maximum absolute atomic E-state index is 5.99. The third-order valence-corrected chi connectivity index (χ3v) is 4.26. The minimum absolute atomic E-state index is 0.282. The van der Waals surface area contributed by atoms with Crippen molar-refractivity contribution in [1.82, 2.24) is 19.9 Å². The summed E-state index contributed by atoms with van der Waals surface area (Å²) in [6.45, 7) is 6.18. The molecule has 0 spiro atoms. The van der Waals surface area contributed by atoms with Gasteiger partial charge in [-0.15, -0.1) is 5.10 Å². The van der Waals surface area contributed by atoms with Crippen molar-refractivity contribution in [2.45, 2.75) is 51.4 Å². The number of piperidine rings is 1. The molecule has 0 N–H and O–H groups in total. The van der Waals surface area contributed by atoms with Crippen LogP contribution in [0.3, 0.4) is 0 Å². The molecule has 5 nitrogen and oxygen atoms in total. The van der Waals surface area contributed by atoms with Gasteiger partial charge in [0.1, 0.15) is 0 Å². The maximum atomic E-state index is 5.99. The van der Waals surface area contributed by atoms with E-state index >= 15 is 0 Å². The third kappa shape index (κ3) is 2.94. The molecule has 1 aromatic rings. The predicted molar refractivity (Wildman–Crippen MR) is 77.4 cm³/mol. The van der Waals surface area contributed by atoms with E-state index in [9.17, 15) is 0 Å². The van der Waals surface area contributed by atoms with Crippen LogP contribution in [0.4, 0.5) is 0 Å². The van der Waals surface area contributed by atoms with Crippen molar-refractivity contribution in [3.8, 4) is 0 Å². The largest absolute Gasteiger partial charge is 0.368 e. The van der Waals surface area contributed by atoms with E-state index in [0.29, 0.717) is 12.6 Å². The molecule has 0 amide bonds. The fourth-order valence-corrected chi connectivity index (χ4v) is 3.17. The summed E-state index contributed by atoms with van der Waals surface area (Å²) in [4.78, 5) is 2.53. The second-order valence-corrected chi connectivity index (χ2v) is 5.70. The van der Waals surface area contributed by atoms with Gasteiger partial charge in [-0.05, 0) is 32.2 Å². The Balaban J connectivity index is 1.49. The average Bonchev–Trinajstić information content (AvgIpc) is 2.95. The Bertz CT molecular complexity index is 456. The van der Waals surface area contributed by atoms with Crippen LogP contribution in [0.2, 0.25) is 0 Å². The fourth-order valence-electron chi connectivity index (χ4n) is 3.17. The number of hydrogen-bond donors (Lipinski definition) is 0. The molecular formula is C15H24N4O. The number of allylic oxidation sites excluding steroid dienone is 2. The summed E-state index contributed by atoms with van der Waals surface area (Å²) in [5.74, 6) is 0. The number of nitrogens with zero attached hydrogens (tertiary/aromatic N) is 4. The first-order valence-corrected chi connectivity index (χ1v) is 7.76. The third-order valence-electron chi connectivity index (χ3n) is 4.26. The number of fused-ring (bicyclic) bond motifs is 3.